The molecule has 0 amide bonds. The van der Waals surface area contributed by atoms with Crippen molar-refractivity contribution in [3.8, 4) is 0 Å². The van der Waals surface area contributed by atoms with Gasteiger partial charge in [-0.1, -0.05) is 44.0 Å². The van der Waals surface area contributed by atoms with Crippen LogP contribution in [0.15, 0.2) is 67.3 Å². The van der Waals surface area contributed by atoms with Crippen molar-refractivity contribution in [1.82, 2.24) is 0 Å². The average Bonchev–Trinajstić information content (AvgIpc) is 2.35. The Morgan fingerprint density at radius 2 is 1.17 bits per heavy atom. The van der Waals surface area contributed by atoms with Gasteiger partial charge in [0.15, 0.2) is 0 Å². The van der Waals surface area contributed by atoms with Crippen LogP contribution in [-0.2, 0) is 0 Å². The van der Waals surface area contributed by atoms with Gasteiger partial charge < -0.3 is 0 Å². The Kier molecular flexibility index (Phi) is 6.15. The van der Waals surface area contributed by atoms with E-state index in [0.29, 0.717) is 0 Å². The van der Waals surface area contributed by atoms with Crippen LogP contribution in [0.2, 0.25) is 0 Å². The Hall–Kier alpha value is 0.1000. The van der Waals surface area contributed by atoms with E-state index in [2.05, 4.69) is 80.4 Å². The Morgan fingerprint density at radius 3 is 1.56 bits per heavy atom. The van der Waals surface area contributed by atoms with Crippen LogP contribution in [0, 0.1) is 0 Å². The number of rotatable bonds is 5. The van der Waals surface area contributed by atoms with Gasteiger partial charge in [-0.05, 0) is 36.4 Å². The van der Waals surface area contributed by atoms with E-state index in [-0.39, 0.29) is 0 Å². The summed E-state index contributed by atoms with van der Waals surface area (Å²) in [6.45, 7) is 0. The highest BCUT2D eigenvalue weighted by Crippen LogP contribution is 2.26. The molecule has 0 heterocycles. The first-order chi connectivity index (χ1) is 8.74. The average molecular weight is 404 g/mol. The third-order valence-corrected chi connectivity index (χ3v) is 5.45. The minimum atomic E-state index is 1.12. The van der Waals surface area contributed by atoms with E-state index in [4.69, 9.17) is 0 Å². The Labute approximate surface area is 133 Å². The van der Waals surface area contributed by atoms with Gasteiger partial charge in [0.25, 0.3) is 0 Å². The fraction of sp³-hybridized carbons (Fsp3) is 0.143. The topological polar surface area (TPSA) is 0 Å². The van der Waals surface area contributed by atoms with Gasteiger partial charge in [0.1, 0.15) is 0 Å². The fourth-order valence-electron chi connectivity index (χ4n) is 1.43. The molecule has 2 rings (SSSR count). The van der Waals surface area contributed by atoms with Crippen LogP contribution in [0.3, 0.4) is 0 Å². The number of hydrogen-bond donors (Lipinski definition) is 0. The standard InChI is InChI=1S/C14H12Br2S2/c15-11-3-1-5-13(9-11)17-7-8-18-14-6-2-4-12(16)10-14/h1-6,9-10H,7-8H2. The molecule has 18 heavy (non-hydrogen) atoms. The first-order valence-electron chi connectivity index (χ1n) is 5.51. The molecule has 0 aromatic heterocycles. The minimum Gasteiger partial charge on any atom is -0.125 e. The molecule has 0 N–H and O–H groups in total. The van der Waals surface area contributed by atoms with Crippen LogP contribution in [-0.4, -0.2) is 11.5 Å². The first kappa shape index (κ1) is 14.5. The third kappa shape index (κ3) is 5.00. The monoisotopic (exact) mass is 402 g/mol. The molecule has 4 heteroatoms. The van der Waals surface area contributed by atoms with Crippen LogP contribution in [0.5, 0.6) is 0 Å². The van der Waals surface area contributed by atoms with Gasteiger partial charge in [-0.2, -0.15) is 0 Å². The maximum Gasteiger partial charge on any atom is 0.0186 e. The van der Waals surface area contributed by atoms with Crippen molar-refractivity contribution < 1.29 is 0 Å². The molecule has 0 nitrogen and oxygen atoms in total. The maximum absolute atomic E-state index is 3.49. The summed E-state index contributed by atoms with van der Waals surface area (Å²) in [4.78, 5) is 2.64. The quantitative estimate of drug-likeness (QED) is 0.437. The molecule has 0 aliphatic heterocycles. The maximum atomic E-state index is 3.49. The molecule has 2 aromatic rings. The van der Waals surface area contributed by atoms with Crippen LogP contribution in [0.1, 0.15) is 0 Å². The Balaban J connectivity index is 1.76. The molecular weight excluding hydrogens is 392 g/mol. The second-order valence-corrected chi connectivity index (χ2v) is 7.78. The molecule has 0 spiro atoms. The van der Waals surface area contributed by atoms with Crippen molar-refractivity contribution in [3.05, 3.63) is 57.5 Å². The summed E-state index contributed by atoms with van der Waals surface area (Å²) < 4.78 is 2.29. The zero-order valence-corrected chi connectivity index (χ0v) is 14.4. The Morgan fingerprint density at radius 1 is 0.722 bits per heavy atom. The highest BCUT2D eigenvalue weighted by atomic mass is 79.9. The summed E-state index contributed by atoms with van der Waals surface area (Å²) >= 11 is 10.8. The molecule has 2 aromatic carbocycles. The van der Waals surface area contributed by atoms with Gasteiger partial charge in [-0.15, -0.1) is 23.5 Å². The normalized spacial score (nSPS) is 10.6. The summed E-state index contributed by atoms with van der Waals surface area (Å²) in [5.74, 6) is 2.24. The SMILES string of the molecule is Brc1cccc(SCCSc2cccc(Br)c2)c1. The number of thioether (sulfide) groups is 2. The lowest BCUT2D eigenvalue weighted by molar-refractivity contribution is 1.40. The number of halogens is 2. The van der Waals surface area contributed by atoms with E-state index < -0.39 is 0 Å². The summed E-state index contributed by atoms with van der Waals surface area (Å²) in [5, 5.41) is 0. The number of benzene rings is 2. The zero-order valence-electron chi connectivity index (χ0n) is 9.61. The molecule has 0 bridgehead atoms. The van der Waals surface area contributed by atoms with Gasteiger partial charge >= 0.3 is 0 Å². The van der Waals surface area contributed by atoms with Crippen molar-refractivity contribution in [2.75, 3.05) is 11.5 Å². The van der Waals surface area contributed by atoms with E-state index in [1.54, 1.807) is 0 Å². The van der Waals surface area contributed by atoms with E-state index in [9.17, 15) is 0 Å². The highest BCUT2D eigenvalue weighted by molar-refractivity contribution is 9.10. The van der Waals surface area contributed by atoms with Gasteiger partial charge in [0.05, 0.1) is 0 Å². The van der Waals surface area contributed by atoms with Gasteiger partial charge in [0.2, 0.25) is 0 Å². The van der Waals surface area contributed by atoms with Crippen molar-refractivity contribution in [3.63, 3.8) is 0 Å². The highest BCUT2D eigenvalue weighted by Gasteiger charge is 1.97. The van der Waals surface area contributed by atoms with Gasteiger partial charge in [-0.3, -0.25) is 0 Å². The summed E-state index contributed by atoms with van der Waals surface area (Å²) in [5.41, 5.74) is 0. The van der Waals surface area contributed by atoms with Crippen LogP contribution < -0.4 is 0 Å². The first-order valence-corrected chi connectivity index (χ1v) is 9.06. The summed E-state index contributed by atoms with van der Waals surface area (Å²) in [6, 6.07) is 16.9. The van der Waals surface area contributed by atoms with Crippen molar-refractivity contribution in [1.29, 1.82) is 0 Å². The van der Waals surface area contributed by atoms with E-state index in [1.165, 1.54) is 9.79 Å². The lowest BCUT2D eigenvalue weighted by Gasteiger charge is -2.03. The molecule has 94 valence electrons. The molecular formula is C14H12Br2S2. The molecule has 0 unspecified atom stereocenters. The third-order valence-electron chi connectivity index (χ3n) is 2.21. The largest absolute Gasteiger partial charge is 0.125 e. The zero-order chi connectivity index (χ0) is 12.8. The predicted molar refractivity (Wildman–Crippen MR) is 89.7 cm³/mol. The van der Waals surface area contributed by atoms with Crippen LogP contribution >= 0.6 is 55.4 Å². The molecule has 0 saturated heterocycles. The fourth-order valence-corrected chi connectivity index (χ4v) is 4.44. The molecule has 0 saturated carbocycles. The van der Waals surface area contributed by atoms with E-state index in [1.807, 2.05) is 23.5 Å². The second-order valence-electron chi connectivity index (χ2n) is 3.61. The summed E-state index contributed by atoms with van der Waals surface area (Å²) in [6.07, 6.45) is 0. The lowest BCUT2D eigenvalue weighted by atomic mass is 10.4. The van der Waals surface area contributed by atoms with E-state index in [0.717, 1.165) is 20.5 Å². The van der Waals surface area contributed by atoms with Crippen LogP contribution in [0.4, 0.5) is 0 Å². The molecule has 0 atom stereocenters. The molecule has 0 radical (unpaired) electrons. The van der Waals surface area contributed by atoms with Crippen molar-refractivity contribution >= 4 is 55.4 Å². The number of hydrogen-bond acceptors (Lipinski definition) is 2. The van der Waals surface area contributed by atoms with Crippen LogP contribution in [0.25, 0.3) is 0 Å². The van der Waals surface area contributed by atoms with Gasteiger partial charge in [-0.25, -0.2) is 0 Å². The molecule has 0 aliphatic rings. The predicted octanol–water partition coefficient (Wildman–Crippen LogP) is 6.10. The molecule has 0 fully saturated rings. The molecule has 0 aliphatic carbocycles. The summed E-state index contributed by atoms with van der Waals surface area (Å²) in [7, 11) is 0. The van der Waals surface area contributed by atoms with Crippen molar-refractivity contribution in [2.24, 2.45) is 0 Å². The van der Waals surface area contributed by atoms with E-state index >= 15 is 0 Å². The van der Waals surface area contributed by atoms with Gasteiger partial charge in [0, 0.05) is 30.2 Å². The minimum absolute atomic E-state index is 1.12. The lowest BCUT2D eigenvalue weighted by Crippen LogP contribution is -1.84. The smallest absolute Gasteiger partial charge is 0.0186 e. The Bertz CT molecular complexity index is 467. The van der Waals surface area contributed by atoms with Crippen molar-refractivity contribution in [2.45, 2.75) is 9.79 Å². The second kappa shape index (κ2) is 7.63.